The van der Waals surface area contributed by atoms with E-state index in [0.29, 0.717) is 6.61 Å². The van der Waals surface area contributed by atoms with Crippen LogP contribution in [0.4, 0.5) is 0 Å². The van der Waals surface area contributed by atoms with Gasteiger partial charge in [-0.05, 0) is 61.2 Å². The molecule has 35 heavy (non-hydrogen) atoms. The summed E-state index contributed by atoms with van der Waals surface area (Å²) in [7, 11) is 2.01. The number of aromatic nitrogens is 1. The third-order valence-corrected chi connectivity index (χ3v) is 7.45. The fourth-order valence-electron chi connectivity index (χ4n) is 5.23. The van der Waals surface area contributed by atoms with Crippen LogP contribution < -0.4 is 4.74 Å². The Bertz CT molecular complexity index is 1290. The van der Waals surface area contributed by atoms with Gasteiger partial charge in [-0.2, -0.15) is 0 Å². The molecule has 1 fully saturated rings. The molecule has 5 rings (SSSR count). The van der Waals surface area contributed by atoms with Crippen LogP contribution in [-0.2, 0) is 6.42 Å². The van der Waals surface area contributed by atoms with Gasteiger partial charge in [-0.25, -0.2) is 0 Å². The predicted molar refractivity (Wildman–Crippen MR) is 145 cm³/mol. The number of nitrogens with zero attached hydrogens (tertiary/aromatic N) is 3. The van der Waals surface area contributed by atoms with Crippen LogP contribution in [0, 0.1) is 0 Å². The van der Waals surface area contributed by atoms with Crippen molar-refractivity contribution < 1.29 is 4.74 Å². The summed E-state index contributed by atoms with van der Waals surface area (Å²) in [6.07, 6.45) is 1.89. The number of halogens is 1. The summed E-state index contributed by atoms with van der Waals surface area (Å²) in [5.41, 5.74) is 7.07. The Labute approximate surface area is 212 Å². The summed E-state index contributed by atoms with van der Waals surface area (Å²) in [5, 5.41) is 1.99. The predicted octanol–water partition coefficient (Wildman–Crippen LogP) is 6.30. The first kappa shape index (κ1) is 23.4. The molecule has 1 aromatic heterocycles. The van der Waals surface area contributed by atoms with Gasteiger partial charge in [0.1, 0.15) is 11.6 Å². The van der Waals surface area contributed by atoms with Crippen LogP contribution in [-0.4, -0.2) is 53.0 Å². The fourth-order valence-corrected chi connectivity index (χ4v) is 5.40. The van der Waals surface area contributed by atoms with Gasteiger partial charge in [0, 0.05) is 53.2 Å². The molecule has 0 amide bonds. The number of ether oxygens (including phenoxy) is 1. The molecule has 0 radical (unpaired) electrons. The minimum Gasteiger partial charge on any atom is -0.494 e. The van der Waals surface area contributed by atoms with E-state index in [2.05, 4.69) is 77.8 Å². The van der Waals surface area contributed by atoms with Crippen LogP contribution in [0.15, 0.2) is 79.4 Å². The van der Waals surface area contributed by atoms with Gasteiger partial charge in [-0.1, -0.05) is 43.5 Å². The van der Waals surface area contributed by atoms with Gasteiger partial charge in [0.25, 0.3) is 0 Å². The molecule has 6 heteroatoms. The van der Waals surface area contributed by atoms with Gasteiger partial charge in [0.2, 0.25) is 0 Å². The molecule has 1 N–H and O–H groups in total. The molecule has 0 bridgehead atoms. The van der Waals surface area contributed by atoms with Crippen molar-refractivity contribution in [3.05, 3.63) is 101 Å². The summed E-state index contributed by atoms with van der Waals surface area (Å²) in [4.78, 5) is 10.3. The van der Waals surface area contributed by atoms with E-state index < -0.39 is 0 Å². The smallest absolute Gasteiger partial charge is 0.119 e. The summed E-state index contributed by atoms with van der Waals surface area (Å²) in [6.45, 7) is 17.9. The molecule has 2 aliphatic heterocycles. The molecular formula is C29H33ClN4O. The topological polar surface area (TPSA) is 34.7 Å². The third-order valence-electron chi connectivity index (χ3n) is 7.22. The van der Waals surface area contributed by atoms with Gasteiger partial charge in [0.15, 0.2) is 0 Å². The van der Waals surface area contributed by atoms with E-state index in [1.165, 1.54) is 22.2 Å². The van der Waals surface area contributed by atoms with E-state index in [1.54, 1.807) is 0 Å². The number of likely N-dealkylation sites (N-methyl/N-ethyl adjacent to an activating group) is 1. The maximum atomic E-state index is 6.31. The maximum Gasteiger partial charge on any atom is 0.119 e. The van der Waals surface area contributed by atoms with Crippen molar-refractivity contribution in [2.24, 2.45) is 0 Å². The normalized spacial score (nSPS) is 17.9. The van der Waals surface area contributed by atoms with Crippen LogP contribution >= 0.6 is 11.6 Å². The summed E-state index contributed by atoms with van der Waals surface area (Å²) < 4.78 is 6.06. The quantitative estimate of drug-likeness (QED) is 0.395. The van der Waals surface area contributed by atoms with Gasteiger partial charge < -0.3 is 24.4 Å². The van der Waals surface area contributed by atoms with Gasteiger partial charge in [0.05, 0.1) is 19.2 Å². The maximum absolute atomic E-state index is 6.31. The lowest BCUT2D eigenvalue weighted by atomic mass is 9.92. The van der Waals surface area contributed by atoms with E-state index >= 15 is 0 Å². The number of hydrogen-bond acceptors (Lipinski definition) is 4. The lowest BCUT2D eigenvalue weighted by Gasteiger charge is -2.38. The minimum atomic E-state index is 0.0859. The van der Waals surface area contributed by atoms with E-state index in [0.717, 1.165) is 66.0 Å². The highest BCUT2D eigenvalue weighted by molar-refractivity contribution is 6.31. The van der Waals surface area contributed by atoms with Crippen LogP contribution in [0.25, 0.3) is 10.9 Å². The zero-order valence-corrected chi connectivity index (χ0v) is 21.4. The van der Waals surface area contributed by atoms with Crippen molar-refractivity contribution in [3.63, 3.8) is 0 Å². The van der Waals surface area contributed by atoms with E-state index in [-0.39, 0.29) is 6.04 Å². The zero-order valence-electron chi connectivity index (χ0n) is 20.6. The van der Waals surface area contributed by atoms with Gasteiger partial charge in [-0.15, -0.1) is 0 Å². The lowest BCUT2D eigenvalue weighted by molar-refractivity contribution is 0.270. The number of fused-ring (bicyclic) bond motifs is 3. The second-order valence-corrected chi connectivity index (χ2v) is 9.96. The molecule has 0 aliphatic carbocycles. The van der Waals surface area contributed by atoms with Crippen molar-refractivity contribution in [1.82, 2.24) is 19.7 Å². The molecule has 3 aromatic rings. The van der Waals surface area contributed by atoms with Crippen LogP contribution in [0.1, 0.15) is 36.2 Å². The Morgan fingerprint density at radius 1 is 1.17 bits per heavy atom. The fraction of sp³-hybridized carbons (Fsp3) is 0.310. The first-order valence-electron chi connectivity index (χ1n) is 12.1. The standard InChI is InChI=1S/C29H33ClN4O/c1-19(2)34-15-13-25-26-17-23(30)9-12-27(26)31-28(25)29(34)22-7-10-24(11-8-22)35-16-6-14-33-18-20(3)32(5)21(33)4/h7-12,17,29,31H,1,3-4,6,13-16,18H2,2,5H3. The Balaban J connectivity index is 1.30. The molecule has 182 valence electrons. The number of allylic oxidation sites excluding steroid dienone is 1. The minimum absolute atomic E-state index is 0.0859. The number of hydrogen-bond donors (Lipinski definition) is 1. The molecule has 1 unspecified atom stereocenters. The highest BCUT2D eigenvalue weighted by Crippen LogP contribution is 2.40. The summed E-state index contributed by atoms with van der Waals surface area (Å²) in [5.74, 6) is 1.89. The van der Waals surface area contributed by atoms with Crippen LogP contribution in [0.5, 0.6) is 5.75 Å². The van der Waals surface area contributed by atoms with Crippen molar-refractivity contribution in [2.75, 3.05) is 33.3 Å². The zero-order chi connectivity index (χ0) is 24.7. The average molecular weight is 489 g/mol. The first-order valence-corrected chi connectivity index (χ1v) is 12.5. The second-order valence-electron chi connectivity index (χ2n) is 9.52. The Hall–Kier alpha value is -3.31. The second kappa shape index (κ2) is 9.38. The van der Waals surface area contributed by atoms with E-state index in [9.17, 15) is 0 Å². The molecule has 1 atom stereocenters. The van der Waals surface area contributed by atoms with Crippen LogP contribution in [0.2, 0.25) is 5.02 Å². The first-order chi connectivity index (χ1) is 16.8. The highest BCUT2D eigenvalue weighted by atomic mass is 35.5. The third kappa shape index (κ3) is 4.41. The number of aromatic amines is 1. The average Bonchev–Trinajstić information content (AvgIpc) is 3.33. The molecule has 2 aliphatic rings. The summed E-state index contributed by atoms with van der Waals surface area (Å²) in [6, 6.07) is 14.7. The molecule has 0 spiro atoms. The van der Waals surface area contributed by atoms with Crippen LogP contribution in [0.3, 0.4) is 0 Å². The Morgan fingerprint density at radius 3 is 2.63 bits per heavy atom. The Kier molecular flexibility index (Phi) is 6.28. The molecule has 3 heterocycles. The largest absolute Gasteiger partial charge is 0.494 e. The number of benzene rings is 2. The van der Waals surface area contributed by atoms with Crippen molar-refractivity contribution in [2.45, 2.75) is 25.8 Å². The van der Waals surface area contributed by atoms with Gasteiger partial charge in [-0.3, -0.25) is 0 Å². The van der Waals surface area contributed by atoms with E-state index in [1.807, 2.05) is 18.0 Å². The monoisotopic (exact) mass is 488 g/mol. The summed E-state index contributed by atoms with van der Waals surface area (Å²) >= 11 is 6.31. The number of H-pyrrole nitrogens is 1. The highest BCUT2D eigenvalue weighted by Gasteiger charge is 2.31. The lowest BCUT2D eigenvalue weighted by Crippen LogP contribution is -2.34. The van der Waals surface area contributed by atoms with Gasteiger partial charge >= 0.3 is 0 Å². The molecule has 2 aromatic carbocycles. The SMILES string of the molecule is C=C1CN(CCCOc2ccc(C3c4[nH]c5ccc(Cl)cc5c4CCN3C(=C)C)cc2)C(=C)N1C. The molecular weight excluding hydrogens is 456 g/mol. The van der Waals surface area contributed by atoms with Crippen molar-refractivity contribution >= 4 is 22.5 Å². The molecule has 5 nitrogen and oxygen atoms in total. The van der Waals surface area contributed by atoms with Crippen molar-refractivity contribution in [3.8, 4) is 5.75 Å². The number of rotatable bonds is 7. The molecule has 0 saturated carbocycles. The Morgan fingerprint density at radius 2 is 1.94 bits per heavy atom. The van der Waals surface area contributed by atoms with E-state index in [4.69, 9.17) is 16.3 Å². The number of nitrogens with one attached hydrogen (secondary N) is 1. The van der Waals surface area contributed by atoms with Crippen molar-refractivity contribution in [1.29, 1.82) is 0 Å². The molecule has 1 saturated heterocycles.